The fourth-order valence-electron chi connectivity index (χ4n) is 5.45. The summed E-state index contributed by atoms with van der Waals surface area (Å²) in [5, 5.41) is 17.5. The lowest BCUT2D eigenvalue weighted by Crippen LogP contribution is -2.68. The summed E-state index contributed by atoms with van der Waals surface area (Å²) in [4.78, 5) is 38.8. The van der Waals surface area contributed by atoms with E-state index in [1.165, 1.54) is 0 Å². The molecule has 3 aliphatic rings. The van der Waals surface area contributed by atoms with Gasteiger partial charge in [0.1, 0.15) is 24.3 Å². The molecule has 2 fully saturated rings. The van der Waals surface area contributed by atoms with Crippen molar-refractivity contribution in [1.29, 1.82) is 0 Å². The van der Waals surface area contributed by atoms with Gasteiger partial charge in [-0.2, -0.15) is 0 Å². The zero-order valence-corrected chi connectivity index (χ0v) is 18.3. The number of ether oxygens (including phenoxy) is 1. The van der Waals surface area contributed by atoms with Gasteiger partial charge in [0.2, 0.25) is 0 Å². The van der Waals surface area contributed by atoms with E-state index in [-0.39, 0.29) is 24.6 Å². The topological polar surface area (TPSA) is 105 Å². The van der Waals surface area contributed by atoms with Crippen LogP contribution in [0.3, 0.4) is 0 Å². The zero-order valence-electron chi connectivity index (χ0n) is 18.3. The van der Waals surface area contributed by atoms with Crippen LogP contribution in [0, 0.1) is 11.8 Å². The molecule has 33 heavy (non-hydrogen) atoms. The molecule has 5 unspecified atom stereocenters. The van der Waals surface area contributed by atoms with Gasteiger partial charge in [-0.3, -0.25) is 14.9 Å². The Balaban J connectivity index is 1.55. The standard InChI is InChI=1S/C26H28N2O5/c29-14-20(24(30)33-15-16-6-2-1-3-7-16)26(25(31)32,28-17-10-11-17)23-18-8-4-5-9-21(18)27-22-13-12-19(22)23/h1-9,14,17,19-20,22-23,27-28H,10-13,15H2,(H,31,32). The number of rotatable bonds is 9. The molecule has 1 aliphatic heterocycles. The van der Waals surface area contributed by atoms with E-state index in [9.17, 15) is 19.5 Å². The SMILES string of the molecule is O=CC(C(=O)OCc1ccccc1)C(NC1CC1)(C(=O)O)C1c2ccccc2NC2CCC21. The lowest BCUT2D eigenvalue weighted by atomic mass is 9.57. The second-order valence-electron chi connectivity index (χ2n) is 9.36. The number of aliphatic carboxylic acids is 1. The van der Waals surface area contributed by atoms with E-state index in [0.717, 1.165) is 42.5 Å². The second-order valence-corrected chi connectivity index (χ2v) is 9.36. The summed E-state index contributed by atoms with van der Waals surface area (Å²) in [5.41, 5.74) is 0.696. The van der Waals surface area contributed by atoms with E-state index in [4.69, 9.17) is 4.74 Å². The van der Waals surface area contributed by atoms with Crippen molar-refractivity contribution in [2.45, 2.75) is 55.8 Å². The third-order valence-electron chi connectivity index (χ3n) is 7.36. The molecule has 3 N–H and O–H groups in total. The van der Waals surface area contributed by atoms with Crippen LogP contribution in [0.2, 0.25) is 0 Å². The number of carbonyl (C=O) groups excluding carboxylic acids is 2. The minimum Gasteiger partial charge on any atom is -0.480 e. The Labute approximate surface area is 192 Å². The van der Waals surface area contributed by atoms with Crippen molar-refractivity contribution in [1.82, 2.24) is 5.32 Å². The first-order valence-electron chi connectivity index (χ1n) is 11.6. The van der Waals surface area contributed by atoms with Gasteiger partial charge in [0, 0.05) is 23.7 Å². The van der Waals surface area contributed by atoms with Gasteiger partial charge in [-0.1, -0.05) is 48.5 Å². The number of benzene rings is 2. The number of fused-ring (bicyclic) bond motifs is 2. The first-order chi connectivity index (χ1) is 16.0. The minimum absolute atomic E-state index is 0.00613. The molecule has 7 heteroatoms. The van der Waals surface area contributed by atoms with Crippen LogP contribution in [-0.4, -0.2) is 41.0 Å². The summed E-state index contributed by atoms with van der Waals surface area (Å²) >= 11 is 0. The predicted molar refractivity (Wildman–Crippen MR) is 122 cm³/mol. The summed E-state index contributed by atoms with van der Waals surface area (Å²) in [6, 6.07) is 16.9. The molecule has 0 spiro atoms. The van der Waals surface area contributed by atoms with Gasteiger partial charge >= 0.3 is 11.9 Å². The van der Waals surface area contributed by atoms with Crippen molar-refractivity contribution in [2.75, 3.05) is 5.32 Å². The maximum atomic E-state index is 13.3. The molecule has 7 nitrogen and oxygen atoms in total. The van der Waals surface area contributed by atoms with Crippen molar-refractivity contribution in [3.8, 4) is 0 Å². The number of carboxylic acids is 1. The fraction of sp³-hybridized carbons (Fsp3) is 0.423. The molecular weight excluding hydrogens is 420 g/mol. The molecule has 2 aliphatic carbocycles. The smallest absolute Gasteiger partial charge is 0.325 e. The van der Waals surface area contributed by atoms with E-state index in [2.05, 4.69) is 10.6 Å². The van der Waals surface area contributed by atoms with Crippen LogP contribution in [-0.2, 0) is 25.7 Å². The molecule has 2 saturated carbocycles. The van der Waals surface area contributed by atoms with Gasteiger partial charge in [-0.25, -0.2) is 0 Å². The van der Waals surface area contributed by atoms with Gasteiger partial charge in [-0.05, 0) is 48.8 Å². The highest BCUT2D eigenvalue weighted by molar-refractivity contribution is 5.99. The largest absolute Gasteiger partial charge is 0.480 e. The van der Waals surface area contributed by atoms with Crippen molar-refractivity contribution in [3.05, 3.63) is 65.7 Å². The first kappa shape index (κ1) is 21.6. The number of para-hydroxylation sites is 1. The van der Waals surface area contributed by atoms with Gasteiger partial charge in [0.25, 0.3) is 0 Å². The Morgan fingerprint density at radius 1 is 1.09 bits per heavy atom. The molecular formula is C26H28N2O5. The highest BCUT2D eigenvalue weighted by Gasteiger charge is 2.63. The molecule has 5 atom stereocenters. The molecule has 0 saturated heterocycles. The third kappa shape index (κ3) is 3.80. The summed E-state index contributed by atoms with van der Waals surface area (Å²) in [5.74, 6) is -4.00. The summed E-state index contributed by atoms with van der Waals surface area (Å²) < 4.78 is 5.51. The maximum absolute atomic E-state index is 13.3. The molecule has 2 aromatic rings. The van der Waals surface area contributed by atoms with Crippen LogP contribution in [0.1, 0.15) is 42.7 Å². The average molecular weight is 449 g/mol. The summed E-state index contributed by atoms with van der Waals surface area (Å²) in [7, 11) is 0. The third-order valence-corrected chi connectivity index (χ3v) is 7.36. The van der Waals surface area contributed by atoms with Crippen LogP contribution in [0.5, 0.6) is 0 Å². The maximum Gasteiger partial charge on any atom is 0.325 e. The number of carboxylic acid groups (broad SMARTS) is 1. The van der Waals surface area contributed by atoms with Crippen molar-refractivity contribution >= 4 is 23.9 Å². The van der Waals surface area contributed by atoms with E-state index < -0.39 is 29.3 Å². The number of anilines is 1. The number of hydrogen-bond donors (Lipinski definition) is 3. The number of esters is 1. The molecule has 172 valence electrons. The first-order valence-corrected chi connectivity index (χ1v) is 11.6. The summed E-state index contributed by atoms with van der Waals surface area (Å²) in [6.45, 7) is -0.0159. The Hall–Kier alpha value is -3.19. The second kappa shape index (κ2) is 8.63. The monoisotopic (exact) mass is 448 g/mol. The lowest BCUT2D eigenvalue weighted by molar-refractivity contribution is -0.166. The Morgan fingerprint density at radius 2 is 1.82 bits per heavy atom. The van der Waals surface area contributed by atoms with E-state index in [1.54, 1.807) is 0 Å². The molecule has 0 aromatic heterocycles. The Kier molecular flexibility index (Phi) is 5.66. The highest BCUT2D eigenvalue weighted by Crippen LogP contribution is 2.54. The number of nitrogens with one attached hydrogen (secondary N) is 2. The minimum atomic E-state index is -1.78. The van der Waals surface area contributed by atoms with Crippen LogP contribution >= 0.6 is 0 Å². The lowest BCUT2D eigenvalue weighted by Gasteiger charge is -2.54. The van der Waals surface area contributed by atoms with E-state index in [1.807, 2.05) is 54.6 Å². The zero-order chi connectivity index (χ0) is 23.0. The quantitative estimate of drug-likeness (QED) is 0.308. The summed E-state index contributed by atoms with van der Waals surface area (Å²) in [6.07, 6.45) is 3.87. The molecule has 2 aromatic carbocycles. The van der Waals surface area contributed by atoms with Crippen LogP contribution in [0.4, 0.5) is 5.69 Å². The van der Waals surface area contributed by atoms with Gasteiger partial charge < -0.3 is 20.0 Å². The van der Waals surface area contributed by atoms with Crippen LogP contribution < -0.4 is 10.6 Å². The molecule has 0 bridgehead atoms. The normalized spacial score (nSPS) is 25.8. The van der Waals surface area contributed by atoms with Crippen molar-refractivity contribution in [2.24, 2.45) is 11.8 Å². The average Bonchev–Trinajstić information content (AvgIpc) is 3.63. The van der Waals surface area contributed by atoms with E-state index >= 15 is 0 Å². The molecule has 0 radical (unpaired) electrons. The van der Waals surface area contributed by atoms with Crippen molar-refractivity contribution < 1.29 is 24.2 Å². The van der Waals surface area contributed by atoms with Gasteiger partial charge in [-0.15, -0.1) is 0 Å². The molecule has 0 amide bonds. The van der Waals surface area contributed by atoms with Crippen LogP contribution in [0.25, 0.3) is 0 Å². The molecule has 5 rings (SSSR count). The highest BCUT2D eigenvalue weighted by atomic mass is 16.5. The van der Waals surface area contributed by atoms with E-state index in [0.29, 0.717) is 6.29 Å². The fourth-order valence-corrected chi connectivity index (χ4v) is 5.45. The Morgan fingerprint density at radius 3 is 2.45 bits per heavy atom. The molecule has 1 heterocycles. The van der Waals surface area contributed by atoms with Crippen molar-refractivity contribution in [3.63, 3.8) is 0 Å². The Bertz CT molecular complexity index is 1050. The number of carbonyl (C=O) groups is 3. The van der Waals surface area contributed by atoms with Crippen LogP contribution in [0.15, 0.2) is 54.6 Å². The predicted octanol–water partition coefficient (Wildman–Crippen LogP) is 3.11. The van der Waals surface area contributed by atoms with Gasteiger partial charge in [0.05, 0.1) is 0 Å². The number of hydrogen-bond acceptors (Lipinski definition) is 6. The number of aldehydes is 1. The van der Waals surface area contributed by atoms with Gasteiger partial charge in [0.15, 0.2) is 0 Å².